The summed E-state index contributed by atoms with van der Waals surface area (Å²) < 4.78 is 0.962. The molecule has 0 aliphatic rings. The Morgan fingerprint density at radius 2 is 1.72 bits per heavy atom. The summed E-state index contributed by atoms with van der Waals surface area (Å²) in [6.45, 7) is 0. The maximum Gasteiger partial charge on any atom is 0.0872 e. The molecule has 0 spiro atoms. The lowest BCUT2D eigenvalue weighted by molar-refractivity contribution is 1.39. The third-order valence-electron chi connectivity index (χ3n) is 2.89. The van der Waals surface area contributed by atoms with Crippen LogP contribution in [-0.4, -0.2) is 4.98 Å². The number of fused-ring (bicyclic) bond motifs is 1. The van der Waals surface area contributed by atoms with Crippen LogP contribution < -0.4 is 5.73 Å². The van der Waals surface area contributed by atoms with Gasteiger partial charge < -0.3 is 5.73 Å². The van der Waals surface area contributed by atoms with Crippen molar-refractivity contribution >= 4 is 32.5 Å². The first-order chi connectivity index (χ1) is 8.75. The van der Waals surface area contributed by atoms with Gasteiger partial charge in [-0.3, -0.25) is 0 Å². The average Bonchev–Trinajstić information content (AvgIpc) is 2.41. The molecule has 1 heterocycles. The van der Waals surface area contributed by atoms with Gasteiger partial charge >= 0.3 is 0 Å². The van der Waals surface area contributed by atoms with Crippen LogP contribution in [0.2, 0.25) is 0 Å². The highest BCUT2D eigenvalue weighted by molar-refractivity contribution is 9.10. The first-order valence-electron chi connectivity index (χ1n) is 5.66. The van der Waals surface area contributed by atoms with Gasteiger partial charge in [-0.1, -0.05) is 42.5 Å². The average molecular weight is 299 g/mol. The summed E-state index contributed by atoms with van der Waals surface area (Å²) in [5, 5.41) is 0.976. The highest BCUT2D eigenvalue weighted by atomic mass is 79.9. The van der Waals surface area contributed by atoms with Gasteiger partial charge in [0, 0.05) is 21.1 Å². The zero-order chi connectivity index (χ0) is 12.5. The number of nitrogens with zero attached hydrogens (tertiary/aromatic N) is 1. The maximum absolute atomic E-state index is 6.10. The monoisotopic (exact) mass is 298 g/mol. The Bertz CT molecular complexity index is 708. The minimum atomic E-state index is 0.750. The second-order valence-corrected chi connectivity index (χ2v) is 4.95. The van der Waals surface area contributed by atoms with Gasteiger partial charge in [0.15, 0.2) is 0 Å². The van der Waals surface area contributed by atoms with Gasteiger partial charge in [-0.2, -0.15) is 0 Å². The predicted octanol–water partition coefficient (Wildman–Crippen LogP) is 4.25. The summed E-state index contributed by atoms with van der Waals surface area (Å²) >= 11 is 3.52. The first kappa shape index (κ1) is 11.2. The molecular formula is C15H11BrN2. The molecule has 0 bridgehead atoms. The van der Waals surface area contributed by atoms with Crippen LogP contribution in [-0.2, 0) is 0 Å². The third-order valence-corrected chi connectivity index (χ3v) is 3.53. The van der Waals surface area contributed by atoms with Gasteiger partial charge in [-0.25, -0.2) is 4.98 Å². The highest BCUT2D eigenvalue weighted by Gasteiger charge is 2.07. The van der Waals surface area contributed by atoms with Gasteiger partial charge in [0.1, 0.15) is 0 Å². The number of halogens is 1. The van der Waals surface area contributed by atoms with Crippen LogP contribution >= 0.6 is 15.9 Å². The number of hydrogen-bond acceptors (Lipinski definition) is 2. The molecule has 0 amide bonds. The zero-order valence-corrected chi connectivity index (χ0v) is 11.2. The van der Waals surface area contributed by atoms with Crippen LogP contribution in [0.5, 0.6) is 0 Å². The molecule has 88 valence electrons. The Balaban J connectivity index is 2.31. The molecule has 0 fully saturated rings. The highest BCUT2D eigenvalue weighted by Crippen LogP contribution is 2.30. The number of para-hydroxylation sites is 1. The van der Waals surface area contributed by atoms with E-state index in [0.717, 1.165) is 32.3 Å². The lowest BCUT2D eigenvalue weighted by Crippen LogP contribution is -1.93. The quantitative estimate of drug-likeness (QED) is 0.729. The van der Waals surface area contributed by atoms with Crippen LogP contribution in [0.3, 0.4) is 0 Å². The summed E-state index contributed by atoms with van der Waals surface area (Å²) in [6, 6.07) is 17.9. The molecule has 0 unspecified atom stereocenters. The Morgan fingerprint density at radius 1 is 0.944 bits per heavy atom. The fourth-order valence-corrected chi connectivity index (χ4v) is 2.45. The fourth-order valence-electron chi connectivity index (χ4n) is 2.00. The summed E-state index contributed by atoms with van der Waals surface area (Å²) in [5.74, 6) is 0. The van der Waals surface area contributed by atoms with Crippen LogP contribution in [0.25, 0.3) is 22.2 Å². The van der Waals surface area contributed by atoms with Crippen LogP contribution in [0.1, 0.15) is 0 Å². The molecule has 0 aliphatic carbocycles. The van der Waals surface area contributed by atoms with E-state index in [0.29, 0.717) is 0 Å². The van der Waals surface area contributed by atoms with E-state index >= 15 is 0 Å². The van der Waals surface area contributed by atoms with Crippen molar-refractivity contribution in [3.63, 3.8) is 0 Å². The Morgan fingerprint density at radius 3 is 2.50 bits per heavy atom. The van der Waals surface area contributed by atoms with Crippen molar-refractivity contribution < 1.29 is 0 Å². The molecular weight excluding hydrogens is 288 g/mol. The van der Waals surface area contributed by atoms with Gasteiger partial charge in [0.05, 0.1) is 11.2 Å². The normalized spacial score (nSPS) is 10.7. The van der Waals surface area contributed by atoms with E-state index in [4.69, 9.17) is 5.73 Å². The molecule has 3 rings (SSSR count). The molecule has 2 N–H and O–H groups in total. The number of nitrogen functional groups attached to an aromatic ring is 1. The van der Waals surface area contributed by atoms with E-state index in [1.807, 2.05) is 54.6 Å². The second kappa shape index (κ2) is 4.42. The lowest BCUT2D eigenvalue weighted by Gasteiger charge is -2.07. The van der Waals surface area contributed by atoms with Crippen molar-refractivity contribution in [3.05, 3.63) is 59.1 Å². The number of nitrogens with two attached hydrogens (primary N) is 1. The van der Waals surface area contributed by atoms with E-state index in [2.05, 4.69) is 20.9 Å². The molecule has 0 saturated carbocycles. The molecule has 3 aromatic rings. The van der Waals surface area contributed by atoms with Crippen molar-refractivity contribution in [2.24, 2.45) is 0 Å². The number of anilines is 1. The fraction of sp³-hybridized carbons (Fsp3) is 0. The van der Waals surface area contributed by atoms with Crippen LogP contribution in [0, 0.1) is 0 Å². The minimum absolute atomic E-state index is 0.750. The van der Waals surface area contributed by atoms with Crippen LogP contribution in [0.4, 0.5) is 5.69 Å². The topological polar surface area (TPSA) is 38.9 Å². The number of rotatable bonds is 1. The summed E-state index contributed by atoms with van der Waals surface area (Å²) in [6.07, 6.45) is 0. The van der Waals surface area contributed by atoms with E-state index < -0.39 is 0 Å². The van der Waals surface area contributed by atoms with Crippen molar-refractivity contribution in [3.8, 4) is 11.3 Å². The number of aromatic nitrogens is 1. The van der Waals surface area contributed by atoms with E-state index in [1.54, 1.807) is 0 Å². The zero-order valence-electron chi connectivity index (χ0n) is 9.60. The molecule has 0 atom stereocenters. The molecule has 1 aromatic heterocycles. The van der Waals surface area contributed by atoms with Crippen molar-refractivity contribution in [1.29, 1.82) is 0 Å². The van der Waals surface area contributed by atoms with E-state index in [1.165, 1.54) is 0 Å². The molecule has 0 aliphatic heterocycles. The molecule has 0 radical (unpaired) electrons. The van der Waals surface area contributed by atoms with E-state index in [-0.39, 0.29) is 0 Å². The van der Waals surface area contributed by atoms with Crippen molar-refractivity contribution in [1.82, 2.24) is 4.98 Å². The number of hydrogen-bond donors (Lipinski definition) is 1. The molecule has 2 aromatic carbocycles. The van der Waals surface area contributed by atoms with Gasteiger partial charge in [-0.15, -0.1) is 0 Å². The minimum Gasteiger partial charge on any atom is -0.398 e. The largest absolute Gasteiger partial charge is 0.398 e. The van der Waals surface area contributed by atoms with Gasteiger partial charge in [0.2, 0.25) is 0 Å². The molecule has 2 nitrogen and oxygen atoms in total. The summed E-state index contributed by atoms with van der Waals surface area (Å²) in [4.78, 5) is 4.68. The van der Waals surface area contributed by atoms with Gasteiger partial charge in [0.25, 0.3) is 0 Å². The third kappa shape index (κ3) is 1.87. The summed E-state index contributed by atoms with van der Waals surface area (Å²) in [5.41, 5.74) is 9.72. The van der Waals surface area contributed by atoms with Crippen LogP contribution in [0.15, 0.2) is 59.1 Å². The van der Waals surface area contributed by atoms with Gasteiger partial charge in [-0.05, 0) is 28.1 Å². The summed E-state index contributed by atoms with van der Waals surface area (Å²) in [7, 11) is 0. The number of pyridine rings is 1. The number of benzene rings is 2. The maximum atomic E-state index is 6.10. The Kier molecular flexibility index (Phi) is 2.76. The Labute approximate surface area is 114 Å². The first-order valence-corrected chi connectivity index (χ1v) is 6.45. The van der Waals surface area contributed by atoms with Crippen molar-refractivity contribution in [2.45, 2.75) is 0 Å². The molecule has 18 heavy (non-hydrogen) atoms. The lowest BCUT2D eigenvalue weighted by atomic mass is 10.1. The predicted molar refractivity (Wildman–Crippen MR) is 79.3 cm³/mol. The van der Waals surface area contributed by atoms with Crippen molar-refractivity contribution in [2.75, 3.05) is 5.73 Å². The smallest absolute Gasteiger partial charge is 0.0872 e. The second-order valence-electron chi connectivity index (χ2n) is 4.10. The Hall–Kier alpha value is -1.87. The standard InChI is InChI=1S/C15H11BrN2/c16-12-8-4-7-11-13(17)9-14(18-15(11)12)10-5-2-1-3-6-10/h1-9H,(H2,17,18). The molecule has 0 saturated heterocycles. The SMILES string of the molecule is Nc1cc(-c2ccccc2)nc2c(Br)cccc12. The molecule has 3 heteroatoms. The van der Waals surface area contributed by atoms with E-state index in [9.17, 15) is 0 Å².